The molecule has 1 unspecified atom stereocenters. The molecule has 0 aromatic heterocycles. The van der Waals surface area contributed by atoms with Crippen LogP contribution in [-0.4, -0.2) is 50.4 Å². The van der Waals surface area contributed by atoms with E-state index in [0.717, 1.165) is 13.0 Å². The summed E-state index contributed by atoms with van der Waals surface area (Å²) in [4.78, 5) is 28.5. The molecule has 2 aromatic carbocycles. The minimum atomic E-state index is -0.798. The number of carbonyl (C=O) groups excluding carboxylic acids is 2. The van der Waals surface area contributed by atoms with E-state index in [1.807, 2.05) is 21.0 Å². The highest BCUT2D eigenvalue weighted by molar-refractivity contribution is 6.46. The van der Waals surface area contributed by atoms with Crippen LogP contribution in [0.1, 0.15) is 36.9 Å². The van der Waals surface area contributed by atoms with E-state index in [1.54, 1.807) is 24.3 Å². The summed E-state index contributed by atoms with van der Waals surface area (Å²) in [5, 5.41) is 13.2. The number of benzene rings is 2. The van der Waals surface area contributed by atoms with Crippen molar-refractivity contribution in [3.05, 3.63) is 71.0 Å². The Balaban J connectivity index is 2.03. The quantitative estimate of drug-likeness (QED) is 0.363. The lowest BCUT2D eigenvalue weighted by Crippen LogP contribution is -3.05. The minimum Gasteiger partial charge on any atom is -0.872 e. The summed E-state index contributed by atoms with van der Waals surface area (Å²) in [7, 11) is 4.03. The molecule has 170 valence electrons. The van der Waals surface area contributed by atoms with Crippen LogP contribution in [-0.2, 0) is 9.59 Å². The van der Waals surface area contributed by atoms with Crippen molar-refractivity contribution in [2.24, 2.45) is 0 Å². The van der Waals surface area contributed by atoms with Gasteiger partial charge in [-0.05, 0) is 41.8 Å². The molecule has 0 saturated carbocycles. The van der Waals surface area contributed by atoms with Crippen LogP contribution in [0, 0.1) is 5.82 Å². The third-order valence-electron chi connectivity index (χ3n) is 5.38. The molecule has 7 heteroatoms. The first-order valence-corrected chi connectivity index (χ1v) is 10.9. The number of likely N-dealkylation sites (tertiary alicyclic amines) is 1. The Kier molecular flexibility index (Phi) is 7.64. The Morgan fingerprint density at radius 1 is 1.09 bits per heavy atom. The van der Waals surface area contributed by atoms with Crippen LogP contribution in [0.2, 0.25) is 0 Å². The molecule has 2 aromatic rings. The van der Waals surface area contributed by atoms with E-state index < -0.39 is 29.3 Å². The van der Waals surface area contributed by atoms with Crippen molar-refractivity contribution in [3.63, 3.8) is 0 Å². The summed E-state index contributed by atoms with van der Waals surface area (Å²) in [5.74, 6) is -1.83. The van der Waals surface area contributed by atoms with Crippen LogP contribution < -0.4 is 14.7 Å². The number of quaternary nitrogens is 1. The van der Waals surface area contributed by atoms with E-state index in [1.165, 1.54) is 34.1 Å². The molecule has 1 saturated heterocycles. The van der Waals surface area contributed by atoms with Gasteiger partial charge in [0.1, 0.15) is 11.6 Å². The fourth-order valence-electron chi connectivity index (χ4n) is 3.77. The van der Waals surface area contributed by atoms with Gasteiger partial charge < -0.3 is 19.6 Å². The number of rotatable bonds is 9. The standard InChI is InChI=1S/C25H29FN2O4/c1-4-16-32-20-12-8-17(9-13-20)22-21(23(29)18-6-10-19(26)11-7-18)24(30)25(31)28(22)15-5-14-27(2)3/h6-13,22,29H,4-5,14-16H2,1-3H3. The van der Waals surface area contributed by atoms with E-state index in [-0.39, 0.29) is 11.1 Å². The van der Waals surface area contributed by atoms with Crippen LogP contribution in [0.15, 0.2) is 54.1 Å². The molecular weight excluding hydrogens is 411 g/mol. The second-order valence-electron chi connectivity index (χ2n) is 8.21. The van der Waals surface area contributed by atoms with Crippen LogP contribution in [0.4, 0.5) is 4.39 Å². The second-order valence-corrected chi connectivity index (χ2v) is 8.21. The Labute approximate surface area is 187 Å². The Bertz CT molecular complexity index is 984. The summed E-state index contributed by atoms with van der Waals surface area (Å²) in [6.07, 6.45) is 1.56. The van der Waals surface area contributed by atoms with E-state index in [9.17, 15) is 19.1 Å². The van der Waals surface area contributed by atoms with Crippen molar-refractivity contribution in [1.29, 1.82) is 0 Å². The molecule has 1 fully saturated rings. The molecule has 0 radical (unpaired) electrons. The van der Waals surface area contributed by atoms with Gasteiger partial charge in [-0.1, -0.05) is 36.9 Å². The maximum Gasteiger partial charge on any atom is 0.295 e. The van der Waals surface area contributed by atoms with Crippen molar-refractivity contribution in [1.82, 2.24) is 4.90 Å². The summed E-state index contributed by atoms with van der Waals surface area (Å²) in [6.45, 7) is 3.77. The summed E-state index contributed by atoms with van der Waals surface area (Å²) in [6, 6.07) is 11.3. The van der Waals surface area contributed by atoms with Gasteiger partial charge in [0.15, 0.2) is 0 Å². The lowest BCUT2D eigenvalue weighted by Gasteiger charge is -2.27. The monoisotopic (exact) mass is 440 g/mol. The van der Waals surface area contributed by atoms with Gasteiger partial charge in [-0.2, -0.15) is 0 Å². The molecule has 0 spiro atoms. The number of hydrogen-bond donors (Lipinski definition) is 1. The Morgan fingerprint density at radius 3 is 2.34 bits per heavy atom. The zero-order valence-electron chi connectivity index (χ0n) is 18.7. The summed E-state index contributed by atoms with van der Waals surface area (Å²) < 4.78 is 19.0. The van der Waals surface area contributed by atoms with Crippen molar-refractivity contribution < 1.29 is 28.7 Å². The number of nitrogens with zero attached hydrogens (tertiary/aromatic N) is 1. The van der Waals surface area contributed by atoms with E-state index in [4.69, 9.17) is 4.74 Å². The zero-order chi connectivity index (χ0) is 23.3. The summed E-state index contributed by atoms with van der Waals surface area (Å²) in [5.41, 5.74) is 0.742. The SMILES string of the molecule is CCCOc1ccc(C2C(=C([O-])c3ccc(F)cc3)C(=O)C(=O)N2CCC[NH+](C)C)cc1. The molecule has 6 nitrogen and oxygen atoms in total. The van der Waals surface area contributed by atoms with Crippen molar-refractivity contribution in [2.45, 2.75) is 25.8 Å². The fraction of sp³-hybridized carbons (Fsp3) is 0.360. The van der Waals surface area contributed by atoms with Crippen LogP contribution in [0.3, 0.4) is 0 Å². The number of halogens is 1. The largest absolute Gasteiger partial charge is 0.872 e. The molecular formula is C25H29FN2O4. The molecule has 1 heterocycles. The van der Waals surface area contributed by atoms with Crippen molar-refractivity contribution >= 4 is 17.4 Å². The van der Waals surface area contributed by atoms with Crippen LogP contribution in [0.5, 0.6) is 5.75 Å². The maximum atomic E-state index is 13.3. The predicted molar refractivity (Wildman–Crippen MR) is 117 cm³/mol. The Hall–Kier alpha value is -3.19. The number of carbonyl (C=O) groups is 2. The second kappa shape index (κ2) is 10.4. The van der Waals surface area contributed by atoms with E-state index >= 15 is 0 Å². The van der Waals surface area contributed by atoms with Gasteiger partial charge in [0, 0.05) is 18.5 Å². The van der Waals surface area contributed by atoms with Crippen molar-refractivity contribution in [3.8, 4) is 5.75 Å². The Morgan fingerprint density at radius 2 is 1.75 bits per heavy atom. The lowest BCUT2D eigenvalue weighted by molar-refractivity contribution is -0.858. The zero-order valence-corrected chi connectivity index (χ0v) is 18.7. The van der Waals surface area contributed by atoms with E-state index in [0.29, 0.717) is 30.9 Å². The third-order valence-corrected chi connectivity index (χ3v) is 5.38. The number of amides is 1. The predicted octanol–water partition coefficient (Wildman–Crippen LogP) is 1.37. The molecule has 3 rings (SSSR count). The fourth-order valence-corrected chi connectivity index (χ4v) is 3.77. The normalized spacial score (nSPS) is 17.9. The molecule has 1 amide bonds. The first-order chi connectivity index (χ1) is 15.3. The molecule has 0 bridgehead atoms. The van der Waals surface area contributed by atoms with Gasteiger partial charge in [0.05, 0.1) is 33.3 Å². The highest BCUT2D eigenvalue weighted by atomic mass is 19.1. The lowest BCUT2D eigenvalue weighted by atomic mass is 9.95. The smallest absolute Gasteiger partial charge is 0.295 e. The average molecular weight is 441 g/mol. The third kappa shape index (κ3) is 5.16. The molecule has 1 N–H and O–H groups in total. The van der Waals surface area contributed by atoms with Crippen LogP contribution >= 0.6 is 0 Å². The number of nitrogens with one attached hydrogen (secondary N) is 1. The first-order valence-electron chi connectivity index (χ1n) is 10.9. The number of Topliss-reactive ketones (excluding diaryl/α,β-unsaturated/α-hetero) is 1. The molecule has 1 atom stereocenters. The summed E-state index contributed by atoms with van der Waals surface area (Å²) >= 11 is 0. The number of ketones is 1. The molecule has 1 aliphatic rings. The maximum absolute atomic E-state index is 13.3. The minimum absolute atomic E-state index is 0.0963. The topological polar surface area (TPSA) is 74.1 Å². The van der Waals surface area contributed by atoms with Gasteiger partial charge in [-0.3, -0.25) is 9.59 Å². The highest BCUT2D eigenvalue weighted by Gasteiger charge is 2.43. The molecule has 0 aliphatic carbocycles. The van der Waals surface area contributed by atoms with Gasteiger partial charge in [0.2, 0.25) is 5.78 Å². The van der Waals surface area contributed by atoms with Crippen molar-refractivity contribution in [2.75, 3.05) is 33.8 Å². The van der Waals surface area contributed by atoms with E-state index in [2.05, 4.69) is 0 Å². The van der Waals surface area contributed by atoms with Gasteiger partial charge in [0.25, 0.3) is 5.91 Å². The number of ether oxygens (including phenoxy) is 1. The molecule has 1 aliphatic heterocycles. The van der Waals surface area contributed by atoms with Gasteiger partial charge in [-0.25, -0.2) is 4.39 Å². The van der Waals surface area contributed by atoms with Gasteiger partial charge in [-0.15, -0.1) is 0 Å². The average Bonchev–Trinajstić information content (AvgIpc) is 3.03. The highest BCUT2D eigenvalue weighted by Crippen LogP contribution is 2.39. The molecule has 32 heavy (non-hydrogen) atoms. The van der Waals surface area contributed by atoms with Crippen LogP contribution in [0.25, 0.3) is 5.76 Å². The number of hydrogen-bond acceptors (Lipinski definition) is 4. The van der Waals surface area contributed by atoms with Gasteiger partial charge >= 0.3 is 0 Å². The first kappa shape index (κ1) is 23.5.